The standard InChI is InChI=1S/C25H30N4O3/c1-28-14-5-6-19(24(28)18-9-11-20(32-2)12-10-18)16-26-23(30)13-15-29-17-27-22-8-4-3-7-21(22)25(29)31/h3-4,7-12,17,19,24H,5-6,13-16H2,1-2H3,(H,26,30). The molecule has 1 aliphatic rings. The van der Waals surface area contributed by atoms with Crippen molar-refractivity contribution in [3.63, 3.8) is 0 Å². The van der Waals surface area contributed by atoms with Crippen LogP contribution in [0.1, 0.15) is 30.9 Å². The van der Waals surface area contributed by atoms with Gasteiger partial charge in [0, 0.05) is 25.6 Å². The summed E-state index contributed by atoms with van der Waals surface area (Å²) >= 11 is 0. The summed E-state index contributed by atoms with van der Waals surface area (Å²) in [5.74, 6) is 1.12. The maximum absolute atomic E-state index is 12.6. The molecule has 1 N–H and O–H groups in total. The number of aryl methyl sites for hydroxylation is 1. The lowest BCUT2D eigenvalue weighted by atomic mass is 9.85. The third-order valence-corrected chi connectivity index (χ3v) is 6.34. The SMILES string of the molecule is COc1ccc(C2C(CNC(=O)CCn3cnc4ccccc4c3=O)CCCN2C)cc1. The third-order valence-electron chi connectivity index (χ3n) is 6.34. The fourth-order valence-corrected chi connectivity index (χ4v) is 4.62. The van der Waals surface area contributed by atoms with Crippen LogP contribution in [0.25, 0.3) is 10.9 Å². The van der Waals surface area contributed by atoms with Crippen molar-refractivity contribution in [2.75, 3.05) is 27.2 Å². The minimum absolute atomic E-state index is 0.0493. The number of nitrogens with zero attached hydrogens (tertiary/aromatic N) is 3. The average Bonchev–Trinajstić information content (AvgIpc) is 2.82. The second-order valence-electron chi connectivity index (χ2n) is 8.42. The number of amides is 1. The molecule has 2 aromatic carbocycles. The van der Waals surface area contributed by atoms with Gasteiger partial charge in [0.1, 0.15) is 5.75 Å². The van der Waals surface area contributed by atoms with E-state index in [1.807, 2.05) is 30.3 Å². The number of piperidine rings is 1. The summed E-state index contributed by atoms with van der Waals surface area (Å²) in [6, 6.07) is 15.7. The molecule has 2 heterocycles. The smallest absolute Gasteiger partial charge is 0.261 e. The fourth-order valence-electron chi connectivity index (χ4n) is 4.62. The number of likely N-dealkylation sites (tertiary alicyclic amines) is 1. The van der Waals surface area contributed by atoms with Crippen LogP contribution < -0.4 is 15.6 Å². The first-order chi connectivity index (χ1) is 15.6. The van der Waals surface area contributed by atoms with Crippen molar-refractivity contribution in [2.45, 2.75) is 31.8 Å². The number of nitrogens with one attached hydrogen (secondary N) is 1. The number of hydrogen-bond acceptors (Lipinski definition) is 5. The maximum atomic E-state index is 12.6. The Balaban J connectivity index is 1.37. The van der Waals surface area contributed by atoms with Crippen LogP contribution >= 0.6 is 0 Å². The molecule has 3 aromatic rings. The zero-order valence-corrected chi connectivity index (χ0v) is 18.7. The lowest BCUT2D eigenvalue weighted by molar-refractivity contribution is -0.121. The number of benzene rings is 2. The van der Waals surface area contributed by atoms with Crippen molar-refractivity contribution < 1.29 is 9.53 Å². The highest BCUT2D eigenvalue weighted by atomic mass is 16.5. The summed E-state index contributed by atoms with van der Waals surface area (Å²) in [5, 5.41) is 3.67. The van der Waals surface area contributed by atoms with Gasteiger partial charge >= 0.3 is 0 Å². The summed E-state index contributed by atoms with van der Waals surface area (Å²) in [6.07, 6.45) is 3.95. The molecular formula is C25H30N4O3. The van der Waals surface area contributed by atoms with E-state index in [-0.39, 0.29) is 23.9 Å². The monoisotopic (exact) mass is 434 g/mol. The normalized spacial score (nSPS) is 19.1. The molecule has 1 saturated heterocycles. The predicted molar refractivity (Wildman–Crippen MR) is 125 cm³/mol. The third kappa shape index (κ3) is 4.83. The molecule has 2 atom stereocenters. The summed E-state index contributed by atoms with van der Waals surface area (Å²) < 4.78 is 6.80. The van der Waals surface area contributed by atoms with Gasteiger partial charge in [-0.25, -0.2) is 4.98 Å². The highest BCUT2D eigenvalue weighted by Gasteiger charge is 2.30. The second kappa shape index (κ2) is 9.96. The quantitative estimate of drug-likeness (QED) is 0.619. The molecule has 2 unspecified atom stereocenters. The Morgan fingerprint density at radius 1 is 1.19 bits per heavy atom. The number of ether oxygens (including phenoxy) is 1. The van der Waals surface area contributed by atoms with Crippen LogP contribution in [0, 0.1) is 5.92 Å². The van der Waals surface area contributed by atoms with Gasteiger partial charge in [-0.2, -0.15) is 0 Å². The van der Waals surface area contributed by atoms with Crippen LogP contribution in [0.5, 0.6) is 5.75 Å². The number of carbonyl (C=O) groups excluding carboxylic acids is 1. The lowest BCUT2D eigenvalue weighted by Gasteiger charge is -2.39. The van der Waals surface area contributed by atoms with Crippen molar-refractivity contribution in [1.82, 2.24) is 19.8 Å². The molecule has 4 rings (SSSR count). The predicted octanol–water partition coefficient (Wildman–Crippen LogP) is 2.99. The summed E-state index contributed by atoms with van der Waals surface area (Å²) in [5.41, 5.74) is 1.79. The molecule has 32 heavy (non-hydrogen) atoms. The molecule has 0 aliphatic carbocycles. The number of hydrogen-bond donors (Lipinski definition) is 1. The first-order valence-corrected chi connectivity index (χ1v) is 11.1. The summed E-state index contributed by atoms with van der Waals surface area (Å²) in [6.45, 7) is 1.97. The molecule has 7 nitrogen and oxygen atoms in total. The fraction of sp³-hybridized carbons (Fsp3) is 0.400. The van der Waals surface area contributed by atoms with Crippen molar-refractivity contribution in [1.29, 1.82) is 0 Å². The van der Waals surface area contributed by atoms with E-state index in [1.54, 1.807) is 13.2 Å². The van der Waals surface area contributed by atoms with Gasteiger partial charge in [-0.3, -0.25) is 19.1 Å². The number of fused-ring (bicyclic) bond motifs is 1. The van der Waals surface area contributed by atoms with Crippen LogP contribution in [0.2, 0.25) is 0 Å². The van der Waals surface area contributed by atoms with Crippen LogP contribution in [0.4, 0.5) is 0 Å². The number of rotatable bonds is 7. The van der Waals surface area contributed by atoms with E-state index < -0.39 is 0 Å². The van der Waals surface area contributed by atoms with Gasteiger partial charge in [0.25, 0.3) is 5.56 Å². The van der Waals surface area contributed by atoms with E-state index in [0.717, 1.165) is 25.1 Å². The molecule has 1 fully saturated rings. The van der Waals surface area contributed by atoms with Crippen LogP contribution in [-0.4, -0.2) is 47.6 Å². The summed E-state index contributed by atoms with van der Waals surface area (Å²) in [7, 11) is 3.81. The van der Waals surface area contributed by atoms with Gasteiger partial charge in [-0.1, -0.05) is 24.3 Å². The Kier molecular flexibility index (Phi) is 6.85. The minimum atomic E-state index is -0.114. The Morgan fingerprint density at radius 3 is 2.75 bits per heavy atom. The van der Waals surface area contributed by atoms with Crippen molar-refractivity contribution in [3.8, 4) is 5.75 Å². The Hall–Kier alpha value is -3.19. The zero-order valence-electron chi connectivity index (χ0n) is 18.7. The van der Waals surface area contributed by atoms with Gasteiger partial charge in [0.2, 0.25) is 5.91 Å². The van der Waals surface area contributed by atoms with Crippen LogP contribution in [0.3, 0.4) is 0 Å². The van der Waals surface area contributed by atoms with E-state index >= 15 is 0 Å². The number of aromatic nitrogens is 2. The zero-order chi connectivity index (χ0) is 22.5. The van der Waals surface area contributed by atoms with E-state index in [9.17, 15) is 9.59 Å². The maximum Gasteiger partial charge on any atom is 0.261 e. The first kappa shape index (κ1) is 22.0. The van der Waals surface area contributed by atoms with Gasteiger partial charge in [-0.05, 0) is 62.2 Å². The van der Waals surface area contributed by atoms with E-state index in [0.29, 0.717) is 29.9 Å². The molecule has 0 spiro atoms. The molecule has 0 bridgehead atoms. The highest BCUT2D eigenvalue weighted by Crippen LogP contribution is 2.35. The van der Waals surface area contributed by atoms with Gasteiger partial charge in [-0.15, -0.1) is 0 Å². The molecular weight excluding hydrogens is 404 g/mol. The molecule has 7 heteroatoms. The molecule has 168 valence electrons. The minimum Gasteiger partial charge on any atom is -0.497 e. The topological polar surface area (TPSA) is 76.5 Å². The molecule has 1 aliphatic heterocycles. The second-order valence-corrected chi connectivity index (χ2v) is 8.42. The van der Waals surface area contributed by atoms with Crippen LogP contribution in [0.15, 0.2) is 59.7 Å². The van der Waals surface area contributed by atoms with E-state index in [4.69, 9.17) is 4.74 Å². The van der Waals surface area contributed by atoms with Crippen molar-refractivity contribution >= 4 is 16.8 Å². The average molecular weight is 435 g/mol. The van der Waals surface area contributed by atoms with Crippen molar-refractivity contribution in [2.24, 2.45) is 5.92 Å². The Bertz CT molecular complexity index is 1130. The molecule has 0 radical (unpaired) electrons. The number of methoxy groups -OCH3 is 1. The molecule has 1 amide bonds. The van der Waals surface area contributed by atoms with E-state index in [1.165, 1.54) is 16.5 Å². The van der Waals surface area contributed by atoms with Gasteiger partial charge in [0.05, 0.1) is 24.3 Å². The van der Waals surface area contributed by atoms with Gasteiger partial charge in [0.15, 0.2) is 0 Å². The Morgan fingerprint density at radius 2 is 1.97 bits per heavy atom. The van der Waals surface area contributed by atoms with Crippen LogP contribution in [-0.2, 0) is 11.3 Å². The number of para-hydroxylation sites is 1. The number of carbonyl (C=O) groups is 1. The molecule has 0 saturated carbocycles. The largest absolute Gasteiger partial charge is 0.497 e. The van der Waals surface area contributed by atoms with Crippen molar-refractivity contribution in [3.05, 3.63) is 70.8 Å². The molecule has 1 aromatic heterocycles. The van der Waals surface area contributed by atoms with Gasteiger partial charge < -0.3 is 10.1 Å². The first-order valence-electron chi connectivity index (χ1n) is 11.1. The van der Waals surface area contributed by atoms with E-state index in [2.05, 4.69) is 34.4 Å². The highest BCUT2D eigenvalue weighted by molar-refractivity contribution is 5.77. The lowest BCUT2D eigenvalue weighted by Crippen LogP contribution is -2.42. The summed E-state index contributed by atoms with van der Waals surface area (Å²) in [4.78, 5) is 31.9. The Labute approximate surface area is 188 Å².